The van der Waals surface area contributed by atoms with Gasteiger partial charge in [-0.15, -0.1) is 0 Å². The zero-order valence-electron chi connectivity index (χ0n) is 12.1. The Morgan fingerprint density at radius 2 is 2.00 bits per heavy atom. The Morgan fingerprint density at radius 3 is 2.70 bits per heavy atom. The summed E-state index contributed by atoms with van der Waals surface area (Å²) in [5.74, 6) is 0.684. The van der Waals surface area contributed by atoms with E-state index in [1.807, 2.05) is 25.1 Å². The van der Waals surface area contributed by atoms with Crippen molar-refractivity contribution in [1.82, 2.24) is 14.9 Å². The largest absolute Gasteiger partial charge is 0.310 e. The van der Waals surface area contributed by atoms with Crippen LogP contribution in [0.4, 0.5) is 0 Å². The molecule has 104 valence electrons. The Bertz CT molecular complexity index is 689. The second-order valence-corrected chi connectivity index (χ2v) is 5.88. The van der Waals surface area contributed by atoms with Gasteiger partial charge in [0, 0.05) is 13.1 Å². The predicted octanol–water partition coefficient (Wildman–Crippen LogP) is 2.33. The normalized spacial score (nSPS) is 17.1. The summed E-state index contributed by atoms with van der Waals surface area (Å²) in [4.78, 5) is 21.8. The molecule has 0 aliphatic carbocycles. The van der Waals surface area contributed by atoms with Gasteiger partial charge < -0.3 is 4.98 Å². The first-order valence-corrected chi connectivity index (χ1v) is 6.88. The van der Waals surface area contributed by atoms with Crippen LogP contribution in [0.2, 0.25) is 0 Å². The molecule has 0 amide bonds. The molecule has 0 saturated heterocycles. The van der Waals surface area contributed by atoms with Crippen LogP contribution in [0.3, 0.4) is 0 Å². The number of nitrogens with zero attached hydrogens (tertiary/aromatic N) is 2. The van der Waals surface area contributed by atoms with Crippen LogP contribution in [0.1, 0.15) is 36.5 Å². The van der Waals surface area contributed by atoms with Crippen molar-refractivity contribution < 1.29 is 0 Å². The lowest BCUT2D eigenvalue weighted by molar-refractivity contribution is 0.125. The molecule has 4 heteroatoms. The summed E-state index contributed by atoms with van der Waals surface area (Å²) < 4.78 is 0. The minimum Gasteiger partial charge on any atom is -0.310 e. The number of fused-ring (bicyclic) bond motifs is 1. The van der Waals surface area contributed by atoms with Gasteiger partial charge in [-0.2, -0.15) is 0 Å². The summed E-state index contributed by atoms with van der Waals surface area (Å²) in [5.41, 5.74) is 2.74. The fourth-order valence-electron chi connectivity index (χ4n) is 2.86. The molecule has 3 rings (SSSR count). The van der Waals surface area contributed by atoms with E-state index in [1.54, 1.807) is 0 Å². The van der Waals surface area contributed by atoms with Crippen molar-refractivity contribution in [3.63, 3.8) is 0 Å². The average Bonchev–Trinajstić information content (AvgIpc) is 2.64. The number of hydrogen-bond acceptors (Lipinski definition) is 3. The SMILES string of the molecule is Cc1nc2c(c(=O)[nH]1)CN(Cc1ccccc1)C2(C)C. The van der Waals surface area contributed by atoms with E-state index in [0.29, 0.717) is 12.4 Å². The van der Waals surface area contributed by atoms with Crippen molar-refractivity contribution in [2.24, 2.45) is 0 Å². The Balaban J connectivity index is 1.98. The summed E-state index contributed by atoms with van der Waals surface area (Å²) in [5, 5.41) is 0. The topological polar surface area (TPSA) is 49.0 Å². The summed E-state index contributed by atoms with van der Waals surface area (Å²) >= 11 is 0. The van der Waals surface area contributed by atoms with E-state index in [0.717, 1.165) is 17.8 Å². The van der Waals surface area contributed by atoms with Gasteiger partial charge in [-0.3, -0.25) is 9.69 Å². The van der Waals surface area contributed by atoms with Crippen molar-refractivity contribution in [1.29, 1.82) is 0 Å². The average molecular weight is 269 g/mol. The fourth-order valence-corrected chi connectivity index (χ4v) is 2.86. The maximum atomic E-state index is 12.1. The van der Waals surface area contributed by atoms with E-state index >= 15 is 0 Å². The van der Waals surface area contributed by atoms with Gasteiger partial charge in [0.25, 0.3) is 5.56 Å². The van der Waals surface area contributed by atoms with Gasteiger partial charge in [0.1, 0.15) is 5.82 Å². The monoisotopic (exact) mass is 269 g/mol. The van der Waals surface area contributed by atoms with Gasteiger partial charge in [0.15, 0.2) is 0 Å². The summed E-state index contributed by atoms with van der Waals surface area (Å²) in [6, 6.07) is 10.3. The number of nitrogens with one attached hydrogen (secondary N) is 1. The van der Waals surface area contributed by atoms with Gasteiger partial charge in [0.05, 0.1) is 16.8 Å². The van der Waals surface area contributed by atoms with E-state index in [-0.39, 0.29) is 11.1 Å². The van der Waals surface area contributed by atoms with Crippen molar-refractivity contribution in [3.8, 4) is 0 Å². The zero-order chi connectivity index (χ0) is 14.3. The molecule has 1 aromatic heterocycles. The molecule has 0 fully saturated rings. The summed E-state index contributed by atoms with van der Waals surface area (Å²) in [6.07, 6.45) is 0. The van der Waals surface area contributed by atoms with Crippen LogP contribution in [0.15, 0.2) is 35.1 Å². The Kier molecular flexibility index (Phi) is 2.98. The standard InChI is InChI=1S/C16H19N3O/c1-11-17-14-13(15(20)18-11)10-19(16(14,2)3)9-12-7-5-4-6-8-12/h4-8H,9-10H2,1-3H3,(H,17,18,20). The molecule has 4 nitrogen and oxygen atoms in total. The number of benzene rings is 1. The van der Waals surface area contributed by atoms with Crippen LogP contribution in [0, 0.1) is 6.92 Å². The second kappa shape index (κ2) is 4.56. The highest BCUT2D eigenvalue weighted by Gasteiger charge is 2.40. The molecule has 0 bridgehead atoms. The van der Waals surface area contributed by atoms with Gasteiger partial charge >= 0.3 is 0 Å². The minimum absolute atomic E-state index is 0.00358. The maximum absolute atomic E-state index is 12.1. The number of aryl methyl sites for hydroxylation is 1. The molecule has 0 saturated carbocycles. The first kappa shape index (κ1) is 13.1. The molecule has 0 unspecified atom stereocenters. The van der Waals surface area contributed by atoms with Crippen LogP contribution < -0.4 is 5.56 Å². The molecule has 1 aromatic carbocycles. The van der Waals surface area contributed by atoms with Crippen LogP contribution in [0.25, 0.3) is 0 Å². The highest BCUT2D eigenvalue weighted by atomic mass is 16.1. The van der Waals surface area contributed by atoms with Crippen molar-refractivity contribution in [2.75, 3.05) is 0 Å². The van der Waals surface area contributed by atoms with Crippen LogP contribution in [-0.2, 0) is 18.6 Å². The van der Waals surface area contributed by atoms with Crippen LogP contribution >= 0.6 is 0 Å². The lowest BCUT2D eigenvalue weighted by Gasteiger charge is -2.31. The number of H-pyrrole nitrogens is 1. The van der Waals surface area contributed by atoms with E-state index in [9.17, 15) is 4.79 Å². The quantitative estimate of drug-likeness (QED) is 0.910. The number of aromatic nitrogens is 2. The Hall–Kier alpha value is -1.94. The molecule has 1 N–H and O–H groups in total. The number of rotatable bonds is 2. The molecule has 1 aliphatic rings. The molecular weight excluding hydrogens is 250 g/mol. The zero-order valence-corrected chi connectivity index (χ0v) is 12.1. The molecule has 0 spiro atoms. The third-order valence-electron chi connectivity index (χ3n) is 4.07. The molecular formula is C16H19N3O. The number of hydrogen-bond donors (Lipinski definition) is 1. The highest BCUT2D eigenvalue weighted by molar-refractivity contribution is 5.30. The number of aromatic amines is 1. The first-order chi connectivity index (χ1) is 9.48. The van der Waals surface area contributed by atoms with E-state index < -0.39 is 0 Å². The molecule has 0 atom stereocenters. The maximum Gasteiger partial charge on any atom is 0.255 e. The molecule has 1 aliphatic heterocycles. The smallest absolute Gasteiger partial charge is 0.255 e. The van der Waals surface area contributed by atoms with Crippen molar-refractivity contribution >= 4 is 0 Å². The van der Waals surface area contributed by atoms with Gasteiger partial charge in [-0.05, 0) is 26.3 Å². The second-order valence-electron chi connectivity index (χ2n) is 5.88. The van der Waals surface area contributed by atoms with Gasteiger partial charge in [0.2, 0.25) is 0 Å². The lowest BCUT2D eigenvalue weighted by Crippen LogP contribution is -2.35. The molecule has 2 heterocycles. The van der Waals surface area contributed by atoms with Gasteiger partial charge in [-0.1, -0.05) is 30.3 Å². The van der Waals surface area contributed by atoms with Crippen LogP contribution in [-0.4, -0.2) is 14.9 Å². The molecule has 2 aromatic rings. The van der Waals surface area contributed by atoms with Crippen molar-refractivity contribution in [3.05, 3.63) is 63.3 Å². The van der Waals surface area contributed by atoms with E-state index in [4.69, 9.17) is 0 Å². The molecule has 20 heavy (non-hydrogen) atoms. The summed E-state index contributed by atoms with van der Waals surface area (Å²) in [6.45, 7) is 7.57. The van der Waals surface area contributed by atoms with E-state index in [1.165, 1.54) is 5.56 Å². The first-order valence-electron chi connectivity index (χ1n) is 6.88. The fraction of sp³-hybridized carbons (Fsp3) is 0.375. The lowest BCUT2D eigenvalue weighted by atomic mass is 9.99. The van der Waals surface area contributed by atoms with Crippen molar-refractivity contribution in [2.45, 2.75) is 39.4 Å². The third-order valence-corrected chi connectivity index (χ3v) is 4.07. The highest BCUT2D eigenvalue weighted by Crippen LogP contribution is 2.36. The van der Waals surface area contributed by atoms with Gasteiger partial charge in [-0.25, -0.2) is 4.98 Å². The third kappa shape index (κ3) is 2.06. The Labute approximate surface area is 118 Å². The minimum atomic E-state index is -0.218. The Morgan fingerprint density at radius 1 is 1.30 bits per heavy atom. The summed E-state index contributed by atoms with van der Waals surface area (Å²) in [7, 11) is 0. The van der Waals surface area contributed by atoms with Crippen LogP contribution in [0.5, 0.6) is 0 Å². The molecule has 0 radical (unpaired) electrons. The van der Waals surface area contributed by atoms with E-state index in [2.05, 4.69) is 40.8 Å². The predicted molar refractivity (Wildman–Crippen MR) is 78.3 cm³/mol.